The number of aryl methyl sites for hydroxylation is 1. The van der Waals surface area contributed by atoms with E-state index < -0.39 is 17.2 Å². The molecule has 20 heavy (non-hydrogen) atoms. The van der Waals surface area contributed by atoms with Gasteiger partial charge in [0.05, 0.1) is 6.10 Å². The monoisotopic (exact) mass is 357 g/mol. The molecule has 0 aliphatic heterocycles. The average Bonchev–Trinajstić information content (AvgIpc) is 2.35. The summed E-state index contributed by atoms with van der Waals surface area (Å²) in [5.41, 5.74) is -0.875. The molecule has 0 saturated heterocycles. The molecule has 106 valence electrons. The van der Waals surface area contributed by atoms with Crippen molar-refractivity contribution in [2.45, 2.75) is 23.1 Å². The first-order valence-electron chi connectivity index (χ1n) is 5.71. The Bertz CT molecular complexity index is 754. The normalized spacial score (nSPS) is 12.4. The second-order valence-electron chi connectivity index (χ2n) is 4.16. The van der Waals surface area contributed by atoms with E-state index in [1.807, 2.05) is 12.1 Å². The number of benzene rings is 1. The number of H-pyrrole nitrogens is 1. The lowest BCUT2D eigenvalue weighted by Gasteiger charge is -2.12. The molecule has 0 aliphatic rings. The zero-order valence-corrected chi connectivity index (χ0v) is 13.2. The van der Waals surface area contributed by atoms with Crippen LogP contribution < -0.4 is 11.1 Å². The maximum absolute atomic E-state index is 11.3. The standard InChI is InChI=1S/C12H12BrN3O3S/c1-6(17)8-4-3-7(13)5-9(8)20-12-14-10(18)11(19)15-16(12)2/h3-6,17H,1-2H3,(H,15,19). The van der Waals surface area contributed by atoms with Gasteiger partial charge in [-0.2, -0.15) is 4.98 Å². The van der Waals surface area contributed by atoms with E-state index >= 15 is 0 Å². The van der Waals surface area contributed by atoms with Crippen molar-refractivity contribution in [3.8, 4) is 0 Å². The van der Waals surface area contributed by atoms with Crippen LogP contribution in [0.3, 0.4) is 0 Å². The Morgan fingerprint density at radius 1 is 1.45 bits per heavy atom. The van der Waals surface area contributed by atoms with E-state index in [1.165, 1.54) is 16.4 Å². The number of nitrogens with zero attached hydrogens (tertiary/aromatic N) is 2. The molecule has 0 spiro atoms. The van der Waals surface area contributed by atoms with Crippen molar-refractivity contribution in [1.82, 2.24) is 14.8 Å². The van der Waals surface area contributed by atoms with Gasteiger partial charge in [-0.3, -0.25) is 19.4 Å². The molecule has 1 atom stereocenters. The average molecular weight is 358 g/mol. The van der Waals surface area contributed by atoms with Crippen molar-refractivity contribution in [3.05, 3.63) is 48.9 Å². The fraction of sp³-hybridized carbons (Fsp3) is 0.250. The summed E-state index contributed by atoms with van der Waals surface area (Å²) in [7, 11) is 1.59. The topological polar surface area (TPSA) is 88.0 Å². The highest BCUT2D eigenvalue weighted by atomic mass is 79.9. The van der Waals surface area contributed by atoms with Gasteiger partial charge in [-0.25, -0.2) is 0 Å². The van der Waals surface area contributed by atoms with E-state index in [9.17, 15) is 14.7 Å². The van der Waals surface area contributed by atoms with Crippen molar-refractivity contribution < 1.29 is 5.11 Å². The van der Waals surface area contributed by atoms with Crippen LogP contribution in [0.5, 0.6) is 0 Å². The molecular weight excluding hydrogens is 346 g/mol. The summed E-state index contributed by atoms with van der Waals surface area (Å²) in [6.07, 6.45) is -0.648. The Balaban J connectivity index is 2.49. The van der Waals surface area contributed by atoms with Crippen molar-refractivity contribution in [3.63, 3.8) is 0 Å². The molecule has 0 saturated carbocycles. The lowest BCUT2D eigenvalue weighted by atomic mass is 10.1. The SMILES string of the molecule is CC(O)c1ccc(Br)cc1Sc1nc(=O)c(=O)[nH]n1C. The molecule has 8 heteroatoms. The molecule has 2 aromatic rings. The van der Waals surface area contributed by atoms with Crippen LogP contribution in [-0.2, 0) is 7.05 Å². The summed E-state index contributed by atoms with van der Waals surface area (Å²) in [5, 5.41) is 12.5. The van der Waals surface area contributed by atoms with Crippen LogP contribution in [-0.4, -0.2) is 19.9 Å². The molecule has 0 radical (unpaired) electrons. The molecule has 2 N–H and O–H groups in total. The third-order valence-electron chi connectivity index (χ3n) is 2.57. The maximum Gasteiger partial charge on any atom is 0.339 e. The summed E-state index contributed by atoms with van der Waals surface area (Å²) in [4.78, 5) is 27.0. The van der Waals surface area contributed by atoms with Gasteiger partial charge in [0.1, 0.15) is 0 Å². The van der Waals surface area contributed by atoms with Gasteiger partial charge >= 0.3 is 11.1 Å². The van der Waals surface area contributed by atoms with E-state index in [0.29, 0.717) is 5.16 Å². The van der Waals surface area contributed by atoms with Gasteiger partial charge in [0.15, 0.2) is 5.16 Å². The van der Waals surface area contributed by atoms with Crippen LogP contribution >= 0.6 is 27.7 Å². The number of hydrogen-bond donors (Lipinski definition) is 2. The van der Waals surface area contributed by atoms with Crippen molar-refractivity contribution >= 4 is 27.7 Å². The minimum Gasteiger partial charge on any atom is -0.389 e. The lowest BCUT2D eigenvalue weighted by molar-refractivity contribution is 0.196. The van der Waals surface area contributed by atoms with Crippen LogP contribution in [0.1, 0.15) is 18.6 Å². The van der Waals surface area contributed by atoms with Crippen LogP contribution in [0.25, 0.3) is 0 Å². The molecule has 6 nitrogen and oxygen atoms in total. The first-order valence-corrected chi connectivity index (χ1v) is 7.32. The first kappa shape index (κ1) is 15.0. The Morgan fingerprint density at radius 3 is 2.80 bits per heavy atom. The highest BCUT2D eigenvalue weighted by molar-refractivity contribution is 9.10. The number of aromatic amines is 1. The third kappa shape index (κ3) is 3.20. The quantitative estimate of drug-likeness (QED) is 0.811. The van der Waals surface area contributed by atoms with Crippen molar-refractivity contribution in [1.29, 1.82) is 0 Å². The number of aromatic nitrogens is 3. The summed E-state index contributed by atoms with van der Waals surface area (Å²) >= 11 is 4.56. The summed E-state index contributed by atoms with van der Waals surface area (Å²) < 4.78 is 2.22. The van der Waals surface area contributed by atoms with E-state index in [0.717, 1.165) is 14.9 Å². The predicted molar refractivity (Wildman–Crippen MR) is 79.0 cm³/mol. The molecule has 1 heterocycles. The van der Waals surface area contributed by atoms with Gasteiger partial charge < -0.3 is 5.11 Å². The Labute approximate surface area is 127 Å². The number of hydrogen-bond acceptors (Lipinski definition) is 5. The fourth-order valence-corrected chi connectivity index (χ4v) is 3.15. The van der Waals surface area contributed by atoms with Crippen LogP contribution in [0.15, 0.2) is 42.3 Å². The molecular formula is C12H12BrN3O3S. The molecule has 1 aromatic carbocycles. The third-order valence-corrected chi connectivity index (χ3v) is 4.19. The largest absolute Gasteiger partial charge is 0.389 e. The number of nitrogens with one attached hydrogen (secondary N) is 1. The van der Waals surface area contributed by atoms with Crippen molar-refractivity contribution in [2.75, 3.05) is 0 Å². The zero-order chi connectivity index (χ0) is 14.9. The summed E-state index contributed by atoms with van der Waals surface area (Å²) in [6.45, 7) is 1.66. The molecule has 0 fully saturated rings. The van der Waals surface area contributed by atoms with E-state index in [4.69, 9.17) is 0 Å². The van der Waals surface area contributed by atoms with Gasteiger partial charge in [0, 0.05) is 16.4 Å². The Hall–Kier alpha value is -1.38. The van der Waals surface area contributed by atoms with Gasteiger partial charge in [-0.1, -0.05) is 22.0 Å². The maximum atomic E-state index is 11.3. The van der Waals surface area contributed by atoms with Crippen LogP contribution in [0.2, 0.25) is 0 Å². The molecule has 2 rings (SSSR count). The minimum absolute atomic E-state index is 0.342. The summed E-state index contributed by atoms with van der Waals surface area (Å²) in [6, 6.07) is 5.44. The fourth-order valence-electron chi connectivity index (χ4n) is 1.59. The van der Waals surface area contributed by atoms with Gasteiger partial charge in [-0.05, 0) is 36.4 Å². The smallest absolute Gasteiger partial charge is 0.339 e. The second kappa shape index (κ2) is 5.94. The molecule has 0 aliphatic carbocycles. The molecule has 0 amide bonds. The second-order valence-corrected chi connectivity index (χ2v) is 6.08. The van der Waals surface area contributed by atoms with Crippen LogP contribution in [0.4, 0.5) is 0 Å². The summed E-state index contributed by atoms with van der Waals surface area (Å²) in [5.74, 6) is 0. The van der Waals surface area contributed by atoms with Crippen LogP contribution in [0, 0.1) is 0 Å². The molecule has 1 unspecified atom stereocenters. The molecule has 1 aromatic heterocycles. The minimum atomic E-state index is -0.834. The van der Waals surface area contributed by atoms with Crippen molar-refractivity contribution in [2.24, 2.45) is 7.05 Å². The van der Waals surface area contributed by atoms with Gasteiger partial charge in [0.25, 0.3) is 0 Å². The Kier molecular flexibility index (Phi) is 4.46. The van der Waals surface area contributed by atoms with Gasteiger partial charge in [0.2, 0.25) is 0 Å². The number of halogens is 1. The first-order chi connectivity index (χ1) is 9.38. The predicted octanol–water partition coefficient (Wildman–Crippen LogP) is 1.44. The van der Waals surface area contributed by atoms with Gasteiger partial charge in [-0.15, -0.1) is 0 Å². The number of aliphatic hydroxyl groups excluding tert-OH is 1. The number of rotatable bonds is 3. The van der Waals surface area contributed by atoms with E-state index in [2.05, 4.69) is 26.0 Å². The van der Waals surface area contributed by atoms with E-state index in [-0.39, 0.29) is 0 Å². The Morgan fingerprint density at radius 2 is 2.15 bits per heavy atom. The van der Waals surface area contributed by atoms with E-state index in [1.54, 1.807) is 20.0 Å². The number of aliphatic hydroxyl groups is 1. The molecule has 0 bridgehead atoms. The highest BCUT2D eigenvalue weighted by Gasteiger charge is 2.13. The zero-order valence-electron chi connectivity index (χ0n) is 10.8. The highest BCUT2D eigenvalue weighted by Crippen LogP contribution is 2.33. The lowest BCUT2D eigenvalue weighted by Crippen LogP contribution is -2.33.